The molecule has 2 rings (SSSR count). The summed E-state index contributed by atoms with van der Waals surface area (Å²) in [6.45, 7) is 4.51. The number of nitrogen functional groups attached to an aromatic ring is 1. The van der Waals surface area contributed by atoms with Crippen LogP contribution in [-0.2, 0) is 4.79 Å². The van der Waals surface area contributed by atoms with Crippen molar-refractivity contribution in [1.82, 2.24) is 5.16 Å². The molecule has 1 amide bonds. The number of rotatable bonds is 7. The minimum atomic E-state index is -0.292. The molecule has 1 heterocycles. The van der Waals surface area contributed by atoms with Crippen molar-refractivity contribution >= 4 is 23.5 Å². The summed E-state index contributed by atoms with van der Waals surface area (Å²) in [5, 5.41) is 6.30. The van der Waals surface area contributed by atoms with E-state index in [1.165, 1.54) is 6.08 Å². The van der Waals surface area contributed by atoms with Crippen molar-refractivity contribution in [3.63, 3.8) is 0 Å². The number of carbonyl (C=O) groups excluding carboxylic acids is 1. The fraction of sp³-hybridized carbons (Fsp3) is 0.294. The summed E-state index contributed by atoms with van der Waals surface area (Å²) in [6.07, 6.45) is 5.15. The largest absolute Gasteiger partial charge is 0.491 e. The van der Waals surface area contributed by atoms with Crippen molar-refractivity contribution in [2.45, 2.75) is 26.7 Å². The summed E-state index contributed by atoms with van der Waals surface area (Å²) in [7, 11) is 0. The van der Waals surface area contributed by atoms with Gasteiger partial charge < -0.3 is 20.3 Å². The van der Waals surface area contributed by atoms with Crippen LogP contribution in [0.15, 0.2) is 34.9 Å². The second-order valence-corrected chi connectivity index (χ2v) is 5.14. The predicted molar refractivity (Wildman–Crippen MR) is 90.2 cm³/mol. The van der Waals surface area contributed by atoms with Crippen LogP contribution in [0.1, 0.15) is 31.1 Å². The molecular weight excluding hydrogens is 294 g/mol. The van der Waals surface area contributed by atoms with E-state index in [0.717, 1.165) is 18.4 Å². The minimum Gasteiger partial charge on any atom is -0.491 e. The van der Waals surface area contributed by atoms with Crippen molar-refractivity contribution in [2.75, 3.05) is 17.7 Å². The second kappa shape index (κ2) is 8.03. The quantitative estimate of drug-likeness (QED) is 0.464. The molecule has 0 fully saturated rings. The molecule has 1 aromatic carbocycles. The van der Waals surface area contributed by atoms with Crippen molar-refractivity contribution in [2.24, 2.45) is 0 Å². The lowest BCUT2D eigenvalue weighted by atomic mass is 10.1. The summed E-state index contributed by atoms with van der Waals surface area (Å²) in [6, 6.07) is 7.07. The van der Waals surface area contributed by atoms with Crippen LogP contribution in [0.5, 0.6) is 5.75 Å². The number of carbonyl (C=O) groups is 1. The SMILES string of the molecule is CCCCOc1ccc(/C=C\C(=O)Nc2cc(C)on2)cc1N. The van der Waals surface area contributed by atoms with Crippen LogP contribution in [0.4, 0.5) is 11.5 Å². The van der Waals surface area contributed by atoms with E-state index in [1.54, 1.807) is 25.1 Å². The Labute approximate surface area is 135 Å². The fourth-order valence-corrected chi connectivity index (χ4v) is 1.89. The molecule has 0 radical (unpaired) electrons. The van der Waals surface area contributed by atoms with Gasteiger partial charge in [-0.25, -0.2) is 0 Å². The van der Waals surface area contributed by atoms with Gasteiger partial charge in [-0.15, -0.1) is 0 Å². The minimum absolute atomic E-state index is 0.292. The number of nitrogens with one attached hydrogen (secondary N) is 1. The van der Waals surface area contributed by atoms with Crippen LogP contribution in [0.25, 0.3) is 6.08 Å². The Kier molecular flexibility index (Phi) is 5.80. The lowest BCUT2D eigenvalue weighted by molar-refractivity contribution is -0.111. The van der Waals surface area contributed by atoms with E-state index in [1.807, 2.05) is 12.1 Å². The van der Waals surface area contributed by atoms with Crippen LogP contribution in [0, 0.1) is 6.92 Å². The number of ether oxygens (including phenoxy) is 1. The number of hydrogen-bond acceptors (Lipinski definition) is 5. The summed E-state index contributed by atoms with van der Waals surface area (Å²) in [5.74, 6) is 1.39. The van der Waals surface area contributed by atoms with E-state index in [9.17, 15) is 4.79 Å². The van der Waals surface area contributed by atoms with Gasteiger partial charge in [-0.3, -0.25) is 4.79 Å². The Bertz CT molecular complexity index is 692. The molecule has 122 valence electrons. The van der Waals surface area contributed by atoms with Crippen molar-refractivity contribution < 1.29 is 14.1 Å². The number of aryl methyl sites for hydroxylation is 1. The number of anilines is 2. The highest BCUT2D eigenvalue weighted by atomic mass is 16.5. The zero-order valence-corrected chi connectivity index (χ0v) is 13.3. The van der Waals surface area contributed by atoms with Gasteiger partial charge in [-0.2, -0.15) is 0 Å². The Balaban J connectivity index is 1.93. The molecule has 0 aliphatic carbocycles. The lowest BCUT2D eigenvalue weighted by Gasteiger charge is -2.08. The molecule has 0 aliphatic rings. The second-order valence-electron chi connectivity index (χ2n) is 5.14. The fourth-order valence-electron chi connectivity index (χ4n) is 1.89. The van der Waals surface area contributed by atoms with E-state index in [2.05, 4.69) is 17.4 Å². The van der Waals surface area contributed by atoms with E-state index < -0.39 is 0 Å². The van der Waals surface area contributed by atoms with Gasteiger partial charge in [0.2, 0.25) is 5.91 Å². The number of nitrogens with zero attached hydrogens (tertiary/aromatic N) is 1. The molecule has 0 bridgehead atoms. The zero-order valence-electron chi connectivity index (χ0n) is 13.3. The number of benzene rings is 1. The van der Waals surface area contributed by atoms with Crippen LogP contribution >= 0.6 is 0 Å². The van der Waals surface area contributed by atoms with Gasteiger partial charge >= 0.3 is 0 Å². The molecule has 0 saturated carbocycles. The van der Waals surface area contributed by atoms with Gasteiger partial charge in [-0.1, -0.05) is 24.6 Å². The average molecular weight is 315 g/mol. The summed E-state index contributed by atoms with van der Waals surface area (Å²) < 4.78 is 10.5. The molecule has 0 saturated heterocycles. The van der Waals surface area contributed by atoms with Gasteiger partial charge in [0.15, 0.2) is 5.82 Å². The standard InChI is InChI=1S/C17H21N3O3/c1-3-4-9-22-15-7-5-13(11-14(15)18)6-8-17(21)19-16-10-12(2)23-20-16/h5-8,10-11H,3-4,9,18H2,1-2H3,(H,19,20,21)/b8-6-. The lowest BCUT2D eigenvalue weighted by Crippen LogP contribution is -2.07. The highest BCUT2D eigenvalue weighted by molar-refractivity contribution is 6.01. The summed E-state index contributed by atoms with van der Waals surface area (Å²) in [5.41, 5.74) is 7.32. The number of unbranched alkanes of at least 4 members (excludes halogenated alkanes) is 1. The number of aromatic nitrogens is 1. The van der Waals surface area contributed by atoms with Gasteiger partial charge in [0, 0.05) is 12.1 Å². The maximum atomic E-state index is 11.8. The first kappa shape index (κ1) is 16.6. The van der Waals surface area contributed by atoms with E-state index in [4.69, 9.17) is 15.0 Å². The van der Waals surface area contributed by atoms with Crippen LogP contribution in [-0.4, -0.2) is 17.7 Å². The van der Waals surface area contributed by atoms with Crippen LogP contribution in [0.2, 0.25) is 0 Å². The number of hydrogen-bond donors (Lipinski definition) is 2. The zero-order chi connectivity index (χ0) is 16.7. The molecule has 6 nitrogen and oxygen atoms in total. The van der Waals surface area contributed by atoms with Crippen LogP contribution in [0.3, 0.4) is 0 Å². The molecule has 3 N–H and O–H groups in total. The van der Waals surface area contributed by atoms with E-state index >= 15 is 0 Å². The third kappa shape index (κ3) is 5.18. The molecule has 0 atom stereocenters. The molecule has 6 heteroatoms. The Morgan fingerprint density at radius 1 is 1.43 bits per heavy atom. The maximum Gasteiger partial charge on any atom is 0.249 e. The van der Waals surface area contributed by atoms with Crippen molar-refractivity contribution in [3.8, 4) is 5.75 Å². The van der Waals surface area contributed by atoms with Gasteiger partial charge in [0.25, 0.3) is 0 Å². The molecular formula is C17H21N3O3. The summed E-state index contributed by atoms with van der Waals surface area (Å²) in [4.78, 5) is 11.8. The molecule has 0 spiro atoms. The third-order valence-electron chi connectivity index (χ3n) is 3.10. The third-order valence-corrected chi connectivity index (χ3v) is 3.10. The Morgan fingerprint density at radius 3 is 2.91 bits per heavy atom. The van der Waals surface area contributed by atoms with E-state index in [0.29, 0.717) is 29.6 Å². The van der Waals surface area contributed by atoms with Crippen LogP contribution < -0.4 is 15.8 Å². The molecule has 1 aromatic heterocycles. The smallest absolute Gasteiger partial charge is 0.249 e. The summed E-state index contributed by atoms with van der Waals surface area (Å²) >= 11 is 0. The normalized spacial score (nSPS) is 10.9. The predicted octanol–water partition coefficient (Wildman–Crippen LogP) is 3.40. The topological polar surface area (TPSA) is 90.4 Å². The highest BCUT2D eigenvalue weighted by Crippen LogP contribution is 2.23. The first-order chi connectivity index (χ1) is 11.1. The number of amides is 1. The van der Waals surface area contributed by atoms with Gasteiger partial charge in [0.05, 0.1) is 12.3 Å². The van der Waals surface area contributed by atoms with Gasteiger partial charge in [0.1, 0.15) is 11.5 Å². The molecule has 0 aliphatic heterocycles. The van der Waals surface area contributed by atoms with Crippen molar-refractivity contribution in [1.29, 1.82) is 0 Å². The Hall–Kier alpha value is -2.76. The monoisotopic (exact) mass is 315 g/mol. The van der Waals surface area contributed by atoms with Gasteiger partial charge in [-0.05, 0) is 37.1 Å². The molecule has 2 aromatic rings. The average Bonchev–Trinajstić information content (AvgIpc) is 2.92. The highest BCUT2D eigenvalue weighted by Gasteiger charge is 2.04. The van der Waals surface area contributed by atoms with Crippen molar-refractivity contribution in [3.05, 3.63) is 41.7 Å². The maximum absolute atomic E-state index is 11.8. The first-order valence-corrected chi connectivity index (χ1v) is 7.53. The first-order valence-electron chi connectivity index (χ1n) is 7.53. The van der Waals surface area contributed by atoms with E-state index in [-0.39, 0.29) is 5.91 Å². The molecule has 0 unspecified atom stereocenters. The Morgan fingerprint density at radius 2 is 2.26 bits per heavy atom. The molecule has 23 heavy (non-hydrogen) atoms. The number of nitrogens with two attached hydrogens (primary N) is 1.